The summed E-state index contributed by atoms with van der Waals surface area (Å²) >= 11 is 0. The summed E-state index contributed by atoms with van der Waals surface area (Å²) in [6.45, 7) is 1.29. The van der Waals surface area contributed by atoms with E-state index < -0.39 is 10.0 Å². The maximum atomic E-state index is 13.4. The van der Waals surface area contributed by atoms with Crippen LogP contribution in [0.1, 0.15) is 43.5 Å². The molecule has 6 heteroatoms. The Morgan fingerprint density at radius 3 is 2.62 bits per heavy atom. The number of hydrogen-bond donors (Lipinski definition) is 0. The van der Waals surface area contributed by atoms with Crippen LogP contribution in [0, 0.1) is 0 Å². The average Bonchev–Trinajstić information content (AvgIpc) is 3.00. The van der Waals surface area contributed by atoms with Gasteiger partial charge in [-0.1, -0.05) is 24.6 Å². The van der Waals surface area contributed by atoms with Crippen molar-refractivity contribution in [3.8, 4) is 0 Å². The van der Waals surface area contributed by atoms with Gasteiger partial charge in [-0.2, -0.15) is 8.42 Å². The van der Waals surface area contributed by atoms with Crippen LogP contribution in [0.2, 0.25) is 0 Å². The molecule has 24 heavy (non-hydrogen) atoms. The second-order valence-corrected chi connectivity index (χ2v) is 8.45. The summed E-state index contributed by atoms with van der Waals surface area (Å²) in [5.41, 5.74) is 1.96. The lowest BCUT2D eigenvalue weighted by atomic mass is 10.0. The SMILES string of the molecule is O=S(=O)(c1cnc2n1CCCC2)N1CCCCCc2ccccc21. The number of sulfonamides is 1. The van der Waals surface area contributed by atoms with E-state index in [1.54, 1.807) is 10.5 Å². The number of hydrogen-bond acceptors (Lipinski definition) is 3. The lowest BCUT2D eigenvalue weighted by Gasteiger charge is -2.29. The summed E-state index contributed by atoms with van der Waals surface area (Å²) in [4.78, 5) is 4.37. The van der Waals surface area contributed by atoms with Gasteiger partial charge < -0.3 is 4.57 Å². The Kier molecular flexibility index (Phi) is 4.08. The molecule has 1 aromatic heterocycles. The summed E-state index contributed by atoms with van der Waals surface area (Å²) in [6, 6.07) is 7.90. The molecule has 5 nitrogen and oxygen atoms in total. The fourth-order valence-electron chi connectivity index (χ4n) is 3.79. The molecular formula is C18H23N3O2S. The summed E-state index contributed by atoms with van der Waals surface area (Å²) in [7, 11) is -3.58. The highest BCUT2D eigenvalue weighted by Crippen LogP contribution is 2.31. The van der Waals surface area contributed by atoms with Crippen LogP contribution >= 0.6 is 0 Å². The fraction of sp³-hybridized carbons (Fsp3) is 0.500. The van der Waals surface area contributed by atoms with Crippen molar-refractivity contribution in [1.82, 2.24) is 9.55 Å². The summed E-state index contributed by atoms with van der Waals surface area (Å²) in [5.74, 6) is 0.903. The van der Waals surface area contributed by atoms with Crippen LogP contribution in [-0.4, -0.2) is 24.5 Å². The minimum atomic E-state index is -3.58. The number of imidazole rings is 1. The molecule has 4 rings (SSSR count). The molecule has 0 saturated heterocycles. The van der Waals surface area contributed by atoms with Crippen molar-refractivity contribution in [3.63, 3.8) is 0 Å². The van der Waals surface area contributed by atoms with Crippen LogP contribution in [-0.2, 0) is 29.4 Å². The molecule has 1 aromatic carbocycles. The maximum absolute atomic E-state index is 13.4. The van der Waals surface area contributed by atoms with E-state index in [1.165, 1.54) is 0 Å². The molecule has 0 aliphatic carbocycles. The zero-order valence-electron chi connectivity index (χ0n) is 13.8. The molecule has 2 aromatic rings. The molecule has 3 heterocycles. The Bertz CT molecular complexity index is 842. The number of anilines is 1. The quantitative estimate of drug-likeness (QED) is 0.840. The molecule has 0 fully saturated rings. The third-order valence-corrected chi connectivity index (χ3v) is 6.87. The van der Waals surface area contributed by atoms with Crippen LogP contribution in [0.25, 0.3) is 0 Å². The molecule has 128 valence electrons. The highest BCUT2D eigenvalue weighted by atomic mass is 32.2. The van der Waals surface area contributed by atoms with Gasteiger partial charge in [-0.15, -0.1) is 0 Å². The average molecular weight is 345 g/mol. The summed E-state index contributed by atoms with van der Waals surface area (Å²) < 4.78 is 30.3. The first-order chi connectivity index (χ1) is 11.7. The van der Waals surface area contributed by atoms with Gasteiger partial charge in [0.05, 0.1) is 11.9 Å². The van der Waals surface area contributed by atoms with E-state index in [2.05, 4.69) is 11.1 Å². The van der Waals surface area contributed by atoms with Crippen LogP contribution in [0.4, 0.5) is 5.69 Å². The summed E-state index contributed by atoms with van der Waals surface area (Å²) in [6.07, 6.45) is 8.54. The highest BCUT2D eigenvalue weighted by Gasteiger charge is 2.31. The molecule has 0 unspecified atom stereocenters. The molecule has 0 N–H and O–H groups in total. The first-order valence-electron chi connectivity index (χ1n) is 8.83. The number of aryl methyl sites for hydroxylation is 2. The van der Waals surface area contributed by atoms with E-state index in [-0.39, 0.29) is 0 Å². The van der Waals surface area contributed by atoms with E-state index in [0.717, 1.165) is 68.6 Å². The Balaban J connectivity index is 1.81. The van der Waals surface area contributed by atoms with E-state index in [9.17, 15) is 8.42 Å². The van der Waals surface area contributed by atoms with E-state index in [0.29, 0.717) is 11.6 Å². The van der Waals surface area contributed by atoms with Crippen LogP contribution < -0.4 is 4.31 Å². The summed E-state index contributed by atoms with van der Waals surface area (Å²) in [5, 5.41) is 0.354. The Morgan fingerprint density at radius 2 is 1.71 bits per heavy atom. The van der Waals surface area contributed by atoms with Crippen molar-refractivity contribution in [3.05, 3.63) is 41.9 Å². The molecule has 0 saturated carbocycles. The Morgan fingerprint density at radius 1 is 0.917 bits per heavy atom. The molecule has 0 atom stereocenters. The van der Waals surface area contributed by atoms with Crippen molar-refractivity contribution in [2.75, 3.05) is 10.8 Å². The third-order valence-electron chi connectivity index (χ3n) is 5.06. The molecular weight excluding hydrogens is 322 g/mol. The Hall–Kier alpha value is -1.82. The topological polar surface area (TPSA) is 55.2 Å². The minimum absolute atomic E-state index is 0.354. The number of rotatable bonds is 2. The molecule has 2 aliphatic rings. The number of benzene rings is 1. The fourth-order valence-corrected chi connectivity index (χ4v) is 5.48. The molecule has 0 radical (unpaired) electrons. The number of nitrogens with zero attached hydrogens (tertiary/aromatic N) is 3. The van der Waals surface area contributed by atoms with Gasteiger partial charge >= 0.3 is 0 Å². The van der Waals surface area contributed by atoms with Crippen molar-refractivity contribution >= 4 is 15.7 Å². The lowest BCUT2D eigenvalue weighted by Crippen LogP contribution is -2.35. The number of aromatic nitrogens is 2. The zero-order valence-corrected chi connectivity index (χ0v) is 14.6. The van der Waals surface area contributed by atoms with E-state index >= 15 is 0 Å². The minimum Gasteiger partial charge on any atom is -0.318 e. The van der Waals surface area contributed by atoms with E-state index in [1.807, 2.05) is 22.8 Å². The Labute approximate surface area is 143 Å². The largest absolute Gasteiger partial charge is 0.318 e. The van der Waals surface area contributed by atoms with Crippen molar-refractivity contribution in [2.24, 2.45) is 0 Å². The van der Waals surface area contributed by atoms with Crippen LogP contribution in [0.3, 0.4) is 0 Å². The predicted molar refractivity (Wildman–Crippen MR) is 93.7 cm³/mol. The standard InChI is InChI=1S/C18H23N3O2S/c22-24(23,18-14-19-17-11-5-7-12-20(17)18)21-13-6-1-2-8-15-9-3-4-10-16(15)21/h3-4,9-10,14H,1-2,5-8,11-13H2. The smallest absolute Gasteiger partial charge is 0.281 e. The number of fused-ring (bicyclic) bond motifs is 2. The maximum Gasteiger partial charge on any atom is 0.281 e. The third kappa shape index (κ3) is 2.62. The molecule has 2 aliphatic heterocycles. The van der Waals surface area contributed by atoms with Gasteiger partial charge in [0.25, 0.3) is 10.0 Å². The zero-order chi connectivity index (χ0) is 16.6. The predicted octanol–water partition coefficient (Wildman–Crippen LogP) is 3.14. The van der Waals surface area contributed by atoms with E-state index in [4.69, 9.17) is 0 Å². The van der Waals surface area contributed by atoms with Gasteiger partial charge in [0.2, 0.25) is 0 Å². The highest BCUT2D eigenvalue weighted by molar-refractivity contribution is 7.92. The second kappa shape index (κ2) is 6.24. The van der Waals surface area contributed by atoms with Crippen molar-refractivity contribution < 1.29 is 8.42 Å². The first kappa shape index (κ1) is 15.7. The van der Waals surface area contributed by atoms with Gasteiger partial charge in [-0.3, -0.25) is 4.31 Å². The molecule has 0 bridgehead atoms. The monoisotopic (exact) mass is 345 g/mol. The lowest BCUT2D eigenvalue weighted by molar-refractivity contribution is 0.486. The molecule has 0 spiro atoms. The van der Waals surface area contributed by atoms with Gasteiger partial charge in [0, 0.05) is 19.5 Å². The number of para-hydroxylation sites is 1. The van der Waals surface area contributed by atoms with Crippen LogP contribution in [0.5, 0.6) is 0 Å². The first-order valence-corrected chi connectivity index (χ1v) is 10.3. The van der Waals surface area contributed by atoms with Gasteiger partial charge in [-0.05, 0) is 43.7 Å². The van der Waals surface area contributed by atoms with Gasteiger partial charge in [-0.25, -0.2) is 4.98 Å². The van der Waals surface area contributed by atoms with Gasteiger partial charge in [0.15, 0.2) is 5.03 Å². The van der Waals surface area contributed by atoms with Crippen molar-refractivity contribution in [2.45, 2.75) is 56.5 Å². The second-order valence-electron chi connectivity index (χ2n) is 6.64. The van der Waals surface area contributed by atoms with Crippen molar-refractivity contribution in [1.29, 1.82) is 0 Å². The van der Waals surface area contributed by atoms with Crippen LogP contribution in [0.15, 0.2) is 35.5 Å². The molecule has 0 amide bonds. The normalized spacial score (nSPS) is 18.4. The van der Waals surface area contributed by atoms with Gasteiger partial charge in [0.1, 0.15) is 5.82 Å².